The molecular formula is C12H12Cl2N4. The van der Waals surface area contributed by atoms with E-state index in [2.05, 4.69) is 9.97 Å². The summed E-state index contributed by atoms with van der Waals surface area (Å²) in [6, 6.07) is 7.27. The second-order valence-electron chi connectivity index (χ2n) is 3.89. The average molecular weight is 283 g/mol. The summed E-state index contributed by atoms with van der Waals surface area (Å²) in [5, 5.41) is 1.10. The van der Waals surface area contributed by atoms with E-state index in [4.69, 9.17) is 34.7 Å². The third-order valence-corrected chi connectivity index (χ3v) is 3.21. The van der Waals surface area contributed by atoms with E-state index in [1.54, 1.807) is 12.1 Å². The molecule has 1 aromatic heterocycles. The molecule has 0 aliphatic rings. The van der Waals surface area contributed by atoms with Crippen LogP contribution in [0, 0.1) is 0 Å². The Bertz CT molecular complexity index is 552. The Kier molecular flexibility index (Phi) is 3.89. The fourth-order valence-electron chi connectivity index (χ4n) is 1.64. The molecule has 0 atom stereocenters. The number of aryl methyl sites for hydroxylation is 2. The van der Waals surface area contributed by atoms with E-state index < -0.39 is 0 Å². The number of rotatable bonds is 3. The molecule has 0 unspecified atom stereocenters. The van der Waals surface area contributed by atoms with Crippen LogP contribution in [0.2, 0.25) is 10.0 Å². The van der Waals surface area contributed by atoms with Gasteiger partial charge in [-0.05, 0) is 30.5 Å². The molecule has 0 saturated carbocycles. The topological polar surface area (TPSA) is 77.8 Å². The Labute approximate surface area is 115 Å². The summed E-state index contributed by atoms with van der Waals surface area (Å²) in [5.41, 5.74) is 13.0. The first-order valence-electron chi connectivity index (χ1n) is 5.37. The molecule has 0 aliphatic carbocycles. The van der Waals surface area contributed by atoms with Crippen LogP contribution < -0.4 is 11.5 Å². The lowest BCUT2D eigenvalue weighted by atomic mass is 10.1. The Morgan fingerprint density at radius 1 is 0.944 bits per heavy atom. The molecule has 0 saturated heterocycles. The molecule has 94 valence electrons. The van der Waals surface area contributed by atoms with Crippen LogP contribution in [0.5, 0.6) is 0 Å². The van der Waals surface area contributed by atoms with E-state index in [1.807, 2.05) is 12.1 Å². The fourth-order valence-corrected chi connectivity index (χ4v) is 1.96. The number of aromatic nitrogens is 2. The van der Waals surface area contributed by atoms with E-state index >= 15 is 0 Å². The smallest absolute Gasteiger partial charge is 0.222 e. The number of hydrogen-bond acceptors (Lipinski definition) is 4. The molecule has 6 heteroatoms. The molecule has 0 bridgehead atoms. The van der Waals surface area contributed by atoms with E-state index in [9.17, 15) is 0 Å². The van der Waals surface area contributed by atoms with Crippen molar-refractivity contribution < 1.29 is 0 Å². The lowest BCUT2D eigenvalue weighted by Gasteiger charge is -2.04. The monoisotopic (exact) mass is 282 g/mol. The molecular weight excluding hydrogens is 271 g/mol. The van der Waals surface area contributed by atoms with Crippen LogP contribution in [-0.4, -0.2) is 9.97 Å². The predicted octanol–water partition coefficient (Wildman–Crippen LogP) is 2.73. The van der Waals surface area contributed by atoms with Gasteiger partial charge in [0.15, 0.2) is 0 Å². The van der Waals surface area contributed by atoms with Gasteiger partial charge in [-0.25, -0.2) is 4.98 Å². The molecule has 0 amide bonds. The van der Waals surface area contributed by atoms with Crippen LogP contribution in [0.25, 0.3) is 0 Å². The number of benzene rings is 1. The van der Waals surface area contributed by atoms with Crippen LogP contribution in [-0.2, 0) is 12.8 Å². The number of anilines is 2. The summed E-state index contributed by atoms with van der Waals surface area (Å²) in [7, 11) is 0. The summed E-state index contributed by atoms with van der Waals surface area (Å²) in [6.45, 7) is 0. The lowest BCUT2D eigenvalue weighted by molar-refractivity contribution is 0.907. The minimum absolute atomic E-state index is 0.194. The molecule has 1 heterocycles. The first kappa shape index (κ1) is 12.9. The van der Waals surface area contributed by atoms with Crippen LogP contribution >= 0.6 is 23.2 Å². The normalized spacial score (nSPS) is 10.6. The van der Waals surface area contributed by atoms with Gasteiger partial charge in [0, 0.05) is 11.8 Å². The summed E-state index contributed by atoms with van der Waals surface area (Å²) in [4.78, 5) is 7.94. The second-order valence-corrected chi connectivity index (χ2v) is 4.71. The minimum atomic E-state index is 0.194. The van der Waals surface area contributed by atoms with Crippen LogP contribution in [0.4, 0.5) is 11.8 Å². The highest BCUT2D eigenvalue weighted by molar-refractivity contribution is 6.42. The van der Waals surface area contributed by atoms with Crippen molar-refractivity contribution in [2.75, 3.05) is 11.5 Å². The standard InChI is InChI=1S/C12H12Cl2N4/c13-9-4-2-7(5-10(9)14)1-3-8-6-11(15)18-12(16)17-8/h2,4-6H,1,3H2,(H4,15,16,17,18). The first-order chi connectivity index (χ1) is 8.54. The molecule has 4 N–H and O–H groups in total. The van der Waals surface area contributed by atoms with Crippen molar-refractivity contribution in [2.45, 2.75) is 12.8 Å². The molecule has 0 aliphatic heterocycles. The number of nitrogen functional groups attached to an aromatic ring is 2. The number of halogens is 2. The first-order valence-corrected chi connectivity index (χ1v) is 6.13. The predicted molar refractivity (Wildman–Crippen MR) is 74.7 cm³/mol. The minimum Gasteiger partial charge on any atom is -0.384 e. The quantitative estimate of drug-likeness (QED) is 0.907. The van der Waals surface area contributed by atoms with E-state index in [0.717, 1.165) is 24.1 Å². The van der Waals surface area contributed by atoms with E-state index in [-0.39, 0.29) is 5.95 Å². The van der Waals surface area contributed by atoms with Gasteiger partial charge in [-0.15, -0.1) is 0 Å². The zero-order valence-corrected chi connectivity index (χ0v) is 11.0. The Morgan fingerprint density at radius 2 is 1.72 bits per heavy atom. The molecule has 0 fully saturated rings. The van der Waals surface area contributed by atoms with E-state index in [1.165, 1.54) is 0 Å². The van der Waals surface area contributed by atoms with Crippen molar-refractivity contribution >= 4 is 35.0 Å². The fraction of sp³-hybridized carbons (Fsp3) is 0.167. The van der Waals surface area contributed by atoms with Gasteiger partial charge in [0.2, 0.25) is 5.95 Å². The van der Waals surface area contributed by atoms with Crippen molar-refractivity contribution in [3.05, 3.63) is 45.6 Å². The van der Waals surface area contributed by atoms with Gasteiger partial charge in [0.05, 0.1) is 10.0 Å². The van der Waals surface area contributed by atoms with Gasteiger partial charge in [0.25, 0.3) is 0 Å². The van der Waals surface area contributed by atoms with Gasteiger partial charge >= 0.3 is 0 Å². The Balaban J connectivity index is 2.08. The Hall–Kier alpha value is -1.52. The summed E-state index contributed by atoms with van der Waals surface area (Å²) in [5.74, 6) is 0.575. The van der Waals surface area contributed by atoms with Crippen molar-refractivity contribution in [3.8, 4) is 0 Å². The van der Waals surface area contributed by atoms with Gasteiger partial charge in [-0.1, -0.05) is 29.3 Å². The SMILES string of the molecule is Nc1cc(CCc2ccc(Cl)c(Cl)c2)nc(N)n1. The molecule has 0 spiro atoms. The van der Waals surface area contributed by atoms with Gasteiger partial charge in [-0.2, -0.15) is 4.98 Å². The molecule has 0 radical (unpaired) electrons. The summed E-state index contributed by atoms with van der Waals surface area (Å²) in [6.07, 6.45) is 1.50. The maximum Gasteiger partial charge on any atom is 0.222 e. The molecule has 2 rings (SSSR count). The molecule has 1 aromatic carbocycles. The maximum atomic E-state index is 5.95. The van der Waals surface area contributed by atoms with Gasteiger partial charge in [-0.3, -0.25) is 0 Å². The highest BCUT2D eigenvalue weighted by atomic mass is 35.5. The Morgan fingerprint density at radius 3 is 2.39 bits per heavy atom. The van der Waals surface area contributed by atoms with Crippen LogP contribution in [0.1, 0.15) is 11.3 Å². The zero-order chi connectivity index (χ0) is 13.1. The van der Waals surface area contributed by atoms with Gasteiger partial charge < -0.3 is 11.5 Å². The summed E-state index contributed by atoms with van der Waals surface area (Å²) >= 11 is 11.8. The van der Waals surface area contributed by atoms with Crippen molar-refractivity contribution in [3.63, 3.8) is 0 Å². The van der Waals surface area contributed by atoms with Crippen LogP contribution in [0.3, 0.4) is 0 Å². The average Bonchev–Trinajstić information content (AvgIpc) is 2.29. The highest BCUT2D eigenvalue weighted by Gasteiger charge is 2.03. The van der Waals surface area contributed by atoms with Gasteiger partial charge in [0.1, 0.15) is 5.82 Å². The van der Waals surface area contributed by atoms with Crippen molar-refractivity contribution in [1.29, 1.82) is 0 Å². The zero-order valence-electron chi connectivity index (χ0n) is 9.53. The van der Waals surface area contributed by atoms with Crippen molar-refractivity contribution in [2.24, 2.45) is 0 Å². The van der Waals surface area contributed by atoms with Crippen LogP contribution in [0.15, 0.2) is 24.3 Å². The molecule has 2 aromatic rings. The maximum absolute atomic E-state index is 5.95. The number of nitrogens with two attached hydrogens (primary N) is 2. The van der Waals surface area contributed by atoms with E-state index in [0.29, 0.717) is 15.9 Å². The third kappa shape index (κ3) is 3.24. The van der Waals surface area contributed by atoms with Crippen molar-refractivity contribution in [1.82, 2.24) is 9.97 Å². The highest BCUT2D eigenvalue weighted by Crippen LogP contribution is 2.23. The molecule has 4 nitrogen and oxygen atoms in total. The number of hydrogen-bond donors (Lipinski definition) is 2. The third-order valence-electron chi connectivity index (χ3n) is 2.47. The second kappa shape index (κ2) is 5.42. The molecule has 18 heavy (non-hydrogen) atoms. The number of nitrogens with zero attached hydrogens (tertiary/aromatic N) is 2. The largest absolute Gasteiger partial charge is 0.384 e. The lowest BCUT2D eigenvalue weighted by Crippen LogP contribution is -2.03. The summed E-state index contributed by atoms with van der Waals surface area (Å²) < 4.78 is 0.